The number of nitrogens with one attached hydrogen (secondary N) is 1. The number of halogens is 5. The van der Waals surface area contributed by atoms with E-state index in [1.54, 1.807) is 11.9 Å². The van der Waals surface area contributed by atoms with Crippen LogP contribution in [0.15, 0.2) is 36.5 Å². The van der Waals surface area contributed by atoms with Gasteiger partial charge >= 0.3 is 6.18 Å². The summed E-state index contributed by atoms with van der Waals surface area (Å²) in [6.07, 6.45) is 0.677. The fourth-order valence-electron chi connectivity index (χ4n) is 4.32. The number of aromatic nitrogens is 1. The summed E-state index contributed by atoms with van der Waals surface area (Å²) in [5.74, 6) is -1.89. The first-order valence-corrected chi connectivity index (χ1v) is 11.6. The van der Waals surface area contributed by atoms with Gasteiger partial charge in [-0.15, -0.1) is 0 Å². The lowest BCUT2D eigenvalue weighted by atomic mass is 9.81. The largest absolute Gasteiger partial charge is 0.417 e. The third kappa shape index (κ3) is 4.34. The minimum absolute atomic E-state index is 0.0237. The highest BCUT2D eigenvalue weighted by Gasteiger charge is 2.36. The Balaban J connectivity index is 1.60. The van der Waals surface area contributed by atoms with Crippen molar-refractivity contribution in [3.8, 4) is 17.2 Å². The van der Waals surface area contributed by atoms with Gasteiger partial charge in [-0.2, -0.15) is 18.4 Å². The molecule has 9 heteroatoms. The summed E-state index contributed by atoms with van der Waals surface area (Å²) < 4.78 is 74.8. The summed E-state index contributed by atoms with van der Waals surface area (Å²) in [7, 11) is 0. The molecule has 2 saturated carbocycles. The van der Waals surface area contributed by atoms with Crippen molar-refractivity contribution in [3.63, 3.8) is 0 Å². The number of rotatable bonds is 6. The molecule has 1 aromatic heterocycles. The standard InChI is InChI=1S/C24H20F5N3S/c25-15-1-4-18(21(7-15)24(27,28)29)20-9-23-19(8-22(20)26)14(11-31-33-17-2-3-17)12-32(23)16-5-13(6-16)10-30/h1,4,7-9,12-13,16-17,31H,2-3,5-6,11H2. The van der Waals surface area contributed by atoms with Crippen molar-refractivity contribution in [2.45, 2.75) is 49.7 Å². The number of benzene rings is 2. The normalized spacial score (nSPS) is 20.6. The molecule has 5 rings (SSSR count). The molecule has 2 aliphatic rings. The summed E-state index contributed by atoms with van der Waals surface area (Å²) in [6.45, 7) is 0.488. The van der Waals surface area contributed by atoms with Crippen LogP contribution < -0.4 is 4.72 Å². The molecule has 2 aliphatic carbocycles. The third-order valence-corrected chi connectivity index (χ3v) is 7.42. The Morgan fingerprint density at radius 1 is 1.09 bits per heavy atom. The monoisotopic (exact) mass is 477 g/mol. The summed E-state index contributed by atoms with van der Waals surface area (Å²) in [5.41, 5.74) is -0.381. The van der Waals surface area contributed by atoms with Crippen LogP contribution >= 0.6 is 11.9 Å². The maximum absolute atomic E-state index is 15.2. The number of fused-ring (bicyclic) bond motifs is 1. The first kappa shape index (κ1) is 22.2. The predicted octanol–water partition coefficient (Wildman–Crippen LogP) is 6.98. The Labute approximate surface area is 191 Å². The van der Waals surface area contributed by atoms with Gasteiger partial charge in [0.05, 0.1) is 17.6 Å². The molecule has 0 radical (unpaired) electrons. The molecule has 0 aliphatic heterocycles. The highest BCUT2D eigenvalue weighted by atomic mass is 32.2. The quantitative estimate of drug-likeness (QED) is 0.308. The van der Waals surface area contributed by atoms with Gasteiger partial charge in [-0.05, 0) is 61.1 Å². The zero-order chi connectivity index (χ0) is 23.3. The Hall–Kier alpha value is -2.57. The number of hydrogen-bond donors (Lipinski definition) is 1. The molecule has 0 saturated heterocycles. The van der Waals surface area contributed by atoms with E-state index in [9.17, 15) is 17.6 Å². The molecule has 0 unspecified atom stereocenters. The molecular weight excluding hydrogens is 457 g/mol. The van der Waals surface area contributed by atoms with E-state index in [-0.39, 0.29) is 17.5 Å². The van der Waals surface area contributed by atoms with E-state index in [2.05, 4.69) is 10.8 Å². The molecule has 0 amide bonds. The van der Waals surface area contributed by atoms with Gasteiger partial charge in [-0.1, -0.05) is 18.0 Å². The van der Waals surface area contributed by atoms with Gasteiger partial charge in [0.2, 0.25) is 0 Å². The van der Waals surface area contributed by atoms with Gasteiger partial charge in [0.15, 0.2) is 0 Å². The van der Waals surface area contributed by atoms with Crippen molar-refractivity contribution in [2.75, 3.05) is 0 Å². The molecule has 3 aromatic rings. The van der Waals surface area contributed by atoms with Crippen LogP contribution in [-0.2, 0) is 12.7 Å². The van der Waals surface area contributed by atoms with Crippen molar-refractivity contribution in [1.82, 2.24) is 9.29 Å². The van der Waals surface area contributed by atoms with Gasteiger partial charge in [0, 0.05) is 40.5 Å². The minimum atomic E-state index is -4.83. The van der Waals surface area contributed by atoms with E-state index in [4.69, 9.17) is 5.26 Å². The van der Waals surface area contributed by atoms with E-state index in [0.717, 1.165) is 30.5 Å². The maximum Gasteiger partial charge on any atom is 0.417 e. The van der Waals surface area contributed by atoms with Crippen LogP contribution in [0.5, 0.6) is 0 Å². The predicted molar refractivity (Wildman–Crippen MR) is 117 cm³/mol. The van der Waals surface area contributed by atoms with Gasteiger partial charge in [0.1, 0.15) is 11.6 Å². The third-order valence-electron chi connectivity index (χ3n) is 6.31. The van der Waals surface area contributed by atoms with Gasteiger partial charge in [-0.25, -0.2) is 8.78 Å². The van der Waals surface area contributed by atoms with Gasteiger partial charge in [0.25, 0.3) is 0 Å². The summed E-state index contributed by atoms with van der Waals surface area (Å²) in [5, 5.41) is 10.4. The second-order valence-corrected chi connectivity index (χ2v) is 9.88. The van der Waals surface area contributed by atoms with Crippen LogP contribution in [0, 0.1) is 28.9 Å². The Bertz CT molecular complexity index is 1250. The molecule has 0 bridgehead atoms. The van der Waals surface area contributed by atoms with E-state index in [1.165, 1.54) is 12.1 Å². The molecule has 0 spiro atoms. The molecule has 2 aromatic carbocycles. The highest BCUT2D eigenvalue weighted by Crippen LogP contribution is 2.43. The lowest BCUT2D eigenvalue weighted by molar-refractivity contribution is -0.137. The summed E-state index contributed by atoms with van der Waals surface area (Å²) >= 11 is 1.64. The van der Waals surface area contributed by atoms with Crippen LogP contribution in [0.3, 0.4) is 0 Å². The van der Waals surface area contributed by atoms with Crippen molar-refractivity contribution in [2.24, 2.45) is 5.92 Å². The topological polar surface area (TPSA) is 40.8 Å². The van der Waals surface area contributed by atoms with Gasteiger partial charge in [-0.3, -0.25) is 4.72 Å². The summed E-state index contributed by atoms with van der Waals surface area (Å²) in [4.78, 5) is 0. The number of nitriles is 1. The van der Waals surface area contributed by atoms with E-state index < -0.39 is 28.9 Å². The zero-order valence-electron chi connectivity index (χ0n) is 17.4. The van der Waals surface area contributed by atoms with Crippen molar-refractivity contribution in [1.29, 1.82) is 5.26 Å². The van der Waals surface area contributed by atoms with E-state index >= 15 is 4.39 Å². The number of alkyl halides is 3. The van der Waals surface area contributed by atoms with E-state index in [1.807, 2.05) is 10.8 Å². The molecular formula is C24H20F5N3S. The van der Waals surface area contributed by atoms with Crippen molar-refractivity contribution in [3.05, 3.63) is 59.3 Å². The lowest BCUT2D eigenvalue weighted by Gasteiger charge is -2.32. The molecule has 172 valence electrons. The molecule has 1 N–H and O–H groups in total. The average Bonchev–Trinajstić information content (AvgIpc) is 3.49. The number of hydrogen-bond acceptors (Lipinski definition) is 3. The minimum Gasteiger partial charge on any atom is -0.344 e. The van der Waals surface area contributed by atoms with Crippen molar-refractivity contribution < 1.29 is 22.0 Å². The first-order valence-electron chi connectivity index (χ1n) is 10.7. The molecule has 0 atom stereocenters. The van der Waals surface area contributed by atoms with Crippen LogP contribution in [-0.4, -0.2) is 9.82 Å². The zero-order valence-corrected chi connectivity index (χ0v) is 18.2. The molecule has 2 fully saturated rings. The van der Waals surface area contributed by atoms with Crippen LogP contribution in [0.25, 0.3) is 22.0 Å². The SMILES string of the molecule is N#CC1CC(n2cc(CNSC3CC3)c3cc(F)c(-c4ccc(F)cc4C(F)(F)F)cc32)C1. The average molecular weight is 478 g/mol. The molecule has 1 heterocycles. The second kappa shape index (κ2) is 8.33. The summed E-state index contributed by atoms with van der Waals surface area (Å²) in [6, 6.07) is 7.22. The first-order chi connectivity index (χ1) is 15.7. The Morgan fingerprint density at radius 2 is 1.85 bits per heavy atom. The fraction of sp³-hybridized carbons (Fsp3) is 0.375. The van der Waals surface area contributed by atoms with Crippen LogP contribution in [0.2, 0.25) is 0 Å². The van der Waals surface area contributed by atoms with E-state index in [0.29, 0.717) is 41.6 Å². The van der Waals surface area contributed by atoms with Gasteiger partial charge < -0.3 is 4.57 Å². The Kier molecular flexibility index (Phi) is 5.61. The van der Waals surface area contributed by atoms with Crippen LogP contribution in [0.4, 0.5) is 22.0 Å². The van der Waals surface area contributed by atoms with Crippen molar-refractivity contribution >= 4 is 22.9 Å². The molecule has 33 heavy (non-hydrogen) atoms. The maximum atomic E-state index is 15.2. The highest BCUT2D eigenvalue weighted by molar-refractivity contribution is 7.98. The Morgan fingerprint density at radius 3 is 2.52 bits per heavy atom. The fourth-order valence-corrected chi connectivity index (χ4v) is 5.16. The smallest absolute Gasteiger partial charge is 0.344 e. The number of nitrogens with zero attached hydrogens (tertiary/aromatic N) is 2. The lowest BCUT2D eigenvalue weighted by Crippen LogP contribution is -2.25. The molecule has 3 nitrogen and oxygen atoms in total. The second-order valence-electron chi connectivity index (χ2n) is 8.69. The van der Waals surface area contributed by atoms with Crippen LogP contribution in [0.1, 0.15) is 42.9 Å².